The van der Waals surface area contributed by atoms with E-state index in [1.54, 1.807) is 0 Å². The monoisotopic (exact) mass is 190 g/mol. The molecule has 3 atom stereocenters. The zero-order chi connectivity index (χ0) is 9.35. The minimum atomic E-state index is -0.687. The van der Waals surface area contributed by atoms with Crippen molar-refractivity contribution in [2.75, 3.05) is 12.4 Å². The largest absolute Gasteiger partial charge is 0.375 e. The average molecular weight is 190 g/mol. The summed E-state index contributed by atoms with van der Waals surface area (Å²) in [6.45, 7) is 9.02. The Kier molecular flexibility index (Phi) is 2.94. The maximum absolute atomic E-state index is 11.5. The predicted molar refractivity (Wildman–Crippen MR) is 51.7 cm³/mol. The van der Waals surface area contributed by atoms with Crippen LogP contribution < -0.4 is 0 Å². The molecule has 0 bridgehead atoms. The summed E-state index contributed by atoms with van der Waals surface area (Å²) in [5.41, 5.74) is 0.121. The van der Waals surface area contributed by atoms with E-state index < -0.39 is 10.8 Å². The lowest BCUT2D eigenvalue weighted by atomic mass is 9.90. The molecule has 1 aliphatic heterocycles. The van der Waals surface area contributed by atoms with Crippen LogP contribution in [0.25, 0.3) is 0 Å². The number of hydrogen-bond acceptors (Lipinski definition) is 2. The first-order valence-corrected chi connectivity index (χ1v) is 5.78. The van der Waals surface area contributed by atoms with Gasteiger partial charge in [-0.1, -0.05) is 20.8 Å². The number of ether oxygens (including phenoxy) is 1. The van der Waals surface area contributed by atoms with Gasteiger partial charge >= 0.3 is 0 Å². The fourth-order valence-corrected chi connectivity index (χ4v) is 2.64. The van der Waals surface area contributed by atoms with Crippen LogP contribution in [0.4, 0.5) is 0 Å². The molecule has 3 heteroatoms. The first-order valence-electron chi connectivity index (χ1n) is 4.40. The summed E-state index contributed by atoms with van der Waals surface area (Å²) in [7, 11) is -0.687. The summed E-state index contributed by atoms with van der Waals surface area (Å²) in [5, 5.41) is 0.212. The highest BCUT2D eigenvalue weighted by atomic mass is 32.2. The van der Waals surface area contributed by atoms with Crippen molar-refractivity contribution in [2.45, 2.75) is 39.0 Å². The summed E-state index contributed by atoms with van der Waals surface area (Å²) in [6, 6.07) is 0. The summed E-state index contributed by atoms with van der Waals surface area (Å²) >= 11 is 0. The molecule has 1 aliphatic rings. The van der Waals surface area contributed by atoms with Crippen LogP contribution in [0.5, 0.6) is 0 Å². The van der Waals surface area contributed by atoms with Gasteiger partial charge in [-0.25, -0.2) is 0 Å². The second-order valence-electron chi connectivity index (χ2n) is 4.55. The Morgan fingerprint density at radius 3 is 2.42 bits per heavy atom. The van der Waals surface area contributed by atoms with Gasteiger partial charge in [0.05, 0.1) is 23.7 Å². The zero-order valence-corrected chi connectivity index (χ0v) is 9.11. The van der Waals surface area contributed by atoms with Crippen LogP contribution in [-0.2, 0) is 15.5 Å². The number of rotatable bonds is 0. The molecule has 12 heavy (non-hydrogen) atoms. The Bertz CT molecular complexity index is 183. The summed E-state index contributed by atoms with van der Waals surface area (Å²) in [4.78, 5) is 0. The third-order valence-electron chi connectivity index (χ3n) is 2.26. The molecule has 0 radical (unpaired) electrons. The maximum Gasteiger partial charge on any atom is 0.0739 e. The van der Waals surface area contributed by atoms with Crippen LogP contribution in [0.15, 0.2) is 0 Å². The molecule has 1 saturated heterocycles. The Morgan fingerprint density at radius 2 is 2.00 bits per heavy atom. The van der Waals surface area contributed by atoms with E-state index in [1.807, 2.05) is 6.92 Å². The van der Waals surface area contributed by atoms with Crippen molar-refractivity contribution in [3.8, 4) is 0 Å². The Morgan fingerprint density at radius 1 is 1.42 bits per heavy atom. The van der Waals surface area contributed by atoms with E-state index in [2.05, 4.69) is 20.8 Å². The molecule has 2 nitrogen and oxygen atoms in total. The molecular weight excluding hydrogens is 172 g/mol. The molecule has 0 unspecified atom stereocenters. The van der Waals surface area contributed by atoms with Crippen molar-refractivity contribution < 1.29 is 8.95 Å². The quantitative estimate of drug-likeness (QED) is 0.579. The summed E-state index contributed by atoms with van der Waals surface area (Å²) < 4.78 is 17.1. The highest BCUT2D eigenvalue weighted by Crippen LogP contribution is 2.26. The summed E-state index contributed by atoms with van der Waals surface area (Å²) in [5.74, 6) is 0.699. The molecule has 0 spiro atoms. The van der Waals surface area contributed by atoms with Gasteiger partial charge in [0.1, 0.15) is 0 Å². The fourth-order valence-electron chi connectivity index (χ4n) is 1.19. The first-order chi connectivity index (χ1) is 5.41. The van der Waals surface area contributed by atoms with Gasteiger partial charge in [-0.15, -0.1) is 0 Å². The Balaban J connectivity index is 2.57. The van der Waals surface area contributed by atoms with E-state index in [4.69, 9.17) is 4.74 Å². The lowest BCUT2D eigenvalue weighted by Gasteiger charge is -2.35. The molecule has 0 aromatic rings. The minimum Gasteiger partial charge on any atom is -0.375 e. The second-order valence-corrected chi connectivity index (χ2v) is 6.45. The van der Waals surface area contributed by atoms with Gasteiger partial charge < -0.3 is 4.74 Å². The molecule has 1 heterocycles. The third-order valence-corrected chi connectivity index (χ3v) is 3.93. The van der Waals surface area contributed by atoms with E-state index in [0.29, 0.717) is 12.4 Å². The molecular formula is C9H18O2S. The second kappa shape index (κ2) is 3.46. The molecule has 0 N–H and O–H groups in total. The fraction of sp³-hybridized carbons (Fsp3) is 1.00. The zero-order valence-electron chi connectivity index (χ0n) is 8.29. The van der Waals surface area contributed by atoms with Crippen LogP contribution >= 0.6 is 0 Å². The summed E-state index contributed by atoms with van der Waals surface area (Å²) in [6.07, 6.45) is 0.162. The normalized spacial score (nSPS) is 38.2. The molecule has 0 amide bonds. The van der Waals surface area contributed by atoms with Crippen molar-refractivity contribution >= 4 is 10.8 Å². The highest BCUT2D eigenvalue weighted by Gasteiger charge is 2.33. The van der Waals surface area contributed by atoms with Gasteiger partial charge in [0, 0.05) is 10.8 Å². The van der Waals surface area contributed by atoms with E-state index in [0.717, 1.165) is 0 Å². The molecule has 0 saturated carbocycles. The average Bonchev–Trinajstić information content (AvgIpc) is 1.92. The highest BCUT2D eigenvalue weighted by molar-refractivity contribution is 7.85. The van der Waals surface area contributed by atoms with E-state index >= 15 is 0 Å². The predicted octanol–water partition coefficient (Wildman–Crippen LogP) is 1.57. The van der Waals surface area contributed by atoms with Gasteiger partial charge in [0.15, 0.2) is 0 Å². The van der Waals surface area contributed by atoms with Gasteiger partial charge in [0.2, 0.25) is 0 Å². The van der Waals surface area contributed by atoms with Crippen molar-refractivity contribution in [3.05, 3.63) is 0 Å². The lowest BCUT2D eigenvalue weighted by molar-refractivity contribution is -0.00712. The third kappa shape index (κ3) is 2.30. The van der Waals surface area contributed by atoms with E-state index in [1.165, 1.54) is 0 Å². The Hall–Kier alpha value is 0.110. The smallest absolute Gasteiger partial charge is 0.0739 e. The topological polar surface area (TPSA) is 26.3 Å². The Labute approximate surface area is 77.1 Å². The first kappa shape index (κ1) is 10.2. The molecule has 0 aliphatic carbocycles. The molecule has 1 rings (SSSR count). The number of hydrogen-bond donors (Lipinski definition) is 0. The van der Waals surface area contributed by atoms with Gasteiger partial charge in [-0.3, -0.25) is 4.21 Å². The van der Waals surface area contributed by atoms with E-state index in [9.17, 15) is 4.21 Å². The van der Waals surface area contributed by atoms with Crippen molar-refractivity contribution in [2.24, 2.45) is 5.41 Å². The molecule has 1 fully saturated rings. The molecule has 72 valence electrons. The van der Waals surface area contributed by atoms with E-state index in [-0.39, 0.29) is 16.8 Å². The molecule has 0 aromatic heterocycles. The van der Waals surface area contributed by atoms with Crippen molar-refractivity contribution in [3.63, 3.8) is 0 Å². The minimum absolute atomic E-state index is 0.121. The van der Waals surface area contributed by atoms with Gasteiger partial charge in [-0.05, 0) is 12.3 Å². The van der Waals surface area contributed by atoms with Crippen LogP contribution in [0, 0.1) is 5.41 Å². The van der Waals surface area contributed by atoms with Crippen LogP contribution in [0.1, 0.15) is 27.7 Å². The van der Waals surface area contributed by atoms with Crippen LogP contribution in [0.3, 0.4) is 0 Å². The van der Waals surface area contributed by atoms with Crippen molar-refractivity contribution in [1.29, 1.82) is 0 Å². The standard InChI is InChI=1S/C9H18O2S/c1-7-5-11-8(6-12(7)10)9(2,3)4/h7-8H,5-6H2,1-4H3/t7-,8-,12+/m0/s1. The molecule has 0 aromatic carbocycles. The van der Waals surface area contributed by atoms with Crippen LogP contribution in [-0.4, -0.2) is 27.9 Å². The van der Waals surface area contributed by atoms with Crippen LogP contribution in [0.2, 0.25) is 0 Å². The lowest BCUT2D eigenvalue weighted by Crippen LogP contribution is -2.43. The SMILES string of the molecule is C[C@H]1CO[C@H](C(C)(C)C)C[S@]1=O. The van der Waals surface area contributed by atoms with Gasteiger partial charge in [0.25, 0.3) is 0 Å². The van der Waals surface area contributed by atoms with Gasteiger partial charge in [-0.2, -0.15) is 0 Å². The van der Waals surface area contributed by atoms with Crippen molar-refractivity contribution in [1.82, 2.24) is 0 Å². The maximum atomic E-state index is 11.5.